The van der Waals surface area contributed by atoms with E-state index in [-0.39, 0.29) is 0 Å². The SMILES string of the molecule is NOc1ccccc1-c1ccccc1N. The van der Waals surface area contributed by atoms with Crippen LogP contribution in [0.4, 0.5) is 5.69 Å². The molecule has 2 rings (SSSR count). The third-order valence-electron chi connectivity index (χ3n) is 2.26. The molecule has 0 bridgehead atoms. The van der Waals surface area contributed by atoms with Crippen molar-refractivity contribution in [3.8, 4) is 16.9 Å². The molecule has 0 aromatic heterocycles. The maximum atomic E-state index is 5.88. The first-order valence-corrected chi connectivity index (χ1v) is 4.63. The fourth-order valence-electron chi connectivity index (χ4n) is 1.53. The van der Waals surface area contributed by atoms with E-state index in [4.69, 9.17) is 16.5 Å². The van der Waals surface area contributed by atoms with Crippen LogP contribution in [0, 0.1) is 0 Å². The second-order valence-corrected chi connectivity index (χ2v) is 3.20. The highest BCUT2D eigenvalue weighted by Gasteiger charge is 2.07. The fourth-order valence-corrected chi connectivity index (χ4v) is 1.53. The van der Waals surface area contributed by atoms with Crippen LogP contribution in [0.5, 0.6) is 5.75 Å². The maximum absolute atomic E-state index is 5.88. The van der Waals surface area contributed by atoms with Crippen LogP contribution in [0.3, 0.4) is 0 Å². The van der Waals surface area contributed by atoms with Crippen LogP contribution in [0.2, 0.25) is 0 Å². The minimum Gasteiger partial charge on any atom is -0.411 e. The zero-order chi connectivity index (χ0) is 10.7. The van der Waals surface area contributed by atoms with E-state index >= 15 is 0 Å². The van der Waals surface area contributed by atoms with Gasteiger partial charge >= 0.3 is 0 Å². The zero-order valence-corrected chi connectivity index (χ0v) is 8.18. The predicted molar refractivity (Wildman–Crippen MR) is 61.1 cm³/mol. The summed E-state index contributed by atoms with van der Waals surface area (Å²) in [6.07, 6.45) is 0. The minimum absolute atomic E-state index is 0.621. The Balaban J connectivity index is 2.59. The largest absolute Gasteiger partial charge is 0.411 e. The van der Waals surface area contributed by atoms with Crippen molar-refractivity contribution < 1.29 is 4.84 Å². The van der Waals surface area contributed by atoms with Gasteiger partial charge in [-0.3, -0.25) is 0 Å². The van der Waals surface area contributed by atoms with Crippen molar-refractivity contribution in [2.75, 3.05) is 5.73 Å². The Labute approximate surface area is 88.2 Å². The van der Waals surface area contributed by atoms with Gasteiger partial charge in [-0.2, -0.15) is 5.90 Å². The van der Waals surface area contributed by atoms with E-state index in [2.05, 4.69) is 0 Å². The Kier molecular flexibility index (Phi) is 2.56. The molecule has 0 unspecified atom stereocenters. The van der Waals surface area contributed by atoms with E-state index in [0.717, 1.165) is 11.1 Å². The summed E-state index contributed by atoms with van der Waals surface area (Å²) >= 11 is 0. The summed E-state index contributed by atoms with van der Waals surface area (Å²) in [5, 5.41) is 0. The molecule has 0 radical (unpaired) electrons. The molecular weight excluding hydrogens is 188 g/mol. The van der Waals surface area contributed by atoms with Gasteiger partial charge in [0.25, 0.3) is 0 Å². The molecule has 0 fully saturated rings. The maximum Gasteiger partial charge on any atom is 0.154 e. The molecule has 0 saturated carbocycles. The first-order chi connectivity index (χ1) is 7.33. The summed E-state index contributed by atoms with van der Waals surface area (Å²) in [4.78, 5) is 4.80. The second-order valence-electron chi connectivity index (χ2n) is 3.20. The molecule has 0 spiro atoms. The van der Waals surface area contributed by atoms with Gasteiger partial charge in [0.1, 0.15) is 0 Å². The molecule has 76 valence electrons. The third-order valence-corrected chi connectivity index (χ3v) is 2.26. The molecule has 0 aliphatic heterocycles. The first kappa shape index (κ1) is 9.55. The number of anilines is 1. The van der Waals surface area contributed by atoms with Gasteiger partial charge in [-0.05, 0) is 12.1 Å². The Hall–Kier alpha value is -2.00. The van der Waals surface area contributed by atoms with Crippen LogP contribution in [0.25, 0.3) is 11.1 Å². The summed E-state index contributed by atoms with van der Waals surface area (Å²) in [6.45, 7) is 0. The summed E-state index contributed by atoms with van der Waals surface area (Å²) in [7, 11) is 0. The monoisotopic (exact) mass is 200 g/mol. The van der Waals surface area contributed by atoms with Gasteiger partial charge in [-0.1, -0.05) is 36.4 Å². The number of hydrogen-bond donors (Lipinski definition) is 2. The predicted octanol–water partition coefficient (Wildman–Crippen LogP) is 2.19. The standard InChI is InChI=1S/C12H12N2O/c13-11-7-3-1-5-9(11)10-6-2-4-8-12(10)15-14/h1-8H,13-14H2. The van der Waals surface area contributed by atoms with Gasteiger partial charge < -0.3 is 10.6 Å². The number of para-hydroxylation sites is 2. The minimum atomic E-state index is 0.621. The van der Waals surface area contributed by atoms with Crippen LogP contribution in [-0.2, 0) is 0 Å². The molecule has 3 heteroatoms. The van der Waals surface area contributed by atoms with Gasteiger partial charge in [-0.25, -0.2) is 0 Å². The number of rotatable bonds is 2. The van der Waals surface area contributed by atoms with Crippen molar-refractivity contribution in [3.05, 3.63) is 48.5 Å². The summed E-state index contributed by atoms with van der Waals surface area (Å²) < 4.78 is 0. The van der Waals surface area contributed by atoms with Gasteiger partial charge in [-0.15, -0.1) is 0 Å². The van der Waals surface area contributed by atoms with Crippen LogP contribution in [-0.4, -0.2) is 0 Å². The molecule has 2 aromatic rings. The lowest BCUT2D eigenvalue weighted by Gasteiger charge is -2.09. The van der Waals surface area contributed by atoms with Crippen molar-refractivity contribution in [2.24, 2.45) is 5.90 Å². The number of hydrogen-bond acceptors (Lipinski definition) is 3. The molecule has 0 aliphatic carbocycles. The normalized spacial score (nSPS) is 9.93. The van der Waals surface area contributed by atoms with Gasteiger partial charge in [0.05, 0.1) is 0 Å². The molecule has 4 N–H and O–H groups in total. The van der Waals surface area contributed by atoms with Crippen molar-refractivity contribution in [1.82, 2.24) is 0 Å². The average molecular weight is 200 g/mol. The van der Waals surface area contributed by atoms with Crippen molar-refractivity contribution in [1.29, 1.82) is 0 Å². The van der Waals surface area contributed by atoms with Crippen LogP contribution < -0.4 is 16.5 Å². The van der Waals surface area contributed by atoms with Gasteiger partial charge in [0.15, 0.2) is 5.75 Å². The van der Waals surface area contributed by atoms with Gasteiger partial charge in [0, 0.05) is 16.8 Å². The highest BCUT2D eigenvalue weighted by Crippen LogP contribution is 2.32. The molecular formula is C12H12N2O. The molecule has 15 heavy (non-hydrogen) atoms. The van der Waals surface area contributed by atoms with E-state index in [0.29, 0.717) is 11.4 Å². The fraction of sp³-hybridized carbons (Fsp3) is 0. The quantitative estimate of drug-likeness (QED) is 0.577. The molecule has 2 aromatic carbocycles. The topological polar surface area (TPSA) is 61.3 Å². The number of nitrogens with two attached hydrogens (primary N) is 2. The molecule has 0 saturated heterocycles. The Morgan fingerprint density at radius 1 is 0.800 bits per heavy atom. The van der Waals surface area contributed by atoms with Crippen LogP contribution >= 0.6 is 0 Å². The molecule has 0 amide bonds. The highest BCUT2D eigenvalue weighted by molar-refractivity contribution is 5.80. The first-order valence-electron chi connectivity index (χ1n) is 4.63. The average Bonchev–Trinajstić information content (AvgIpc) is 2.30. The Bertz CT molecular complexity index is 469. The lowest BCUT2D eigenvalue weighted by molar-refractivity contribution is 0.336. The summed E-state index contributed by atoms with van der Waals surface area (Å²) in [6, 6.07) is 15.1. The van der Waals surface area contributed by atoms with E-state index in [9.17, 15) is 0 Å². The lowest BCUT2D eigenvalue weighted by Crippen LogP contribution is -2.03. The summed E-state index contributed by atoms with van der Waals surface area (Å²) in [5.41, 5.74) is 8.42. The van der Waals surface area contributed by atoms with E-state index in [1.165, 1.54) is 0 Å². The Morgan fingerprint density at radius 3 is 2.07 bits per heavy atom. The molecule has 3 nitrogen and oxygen atoms in total. The molecule has 0 heterocycles. The van der Waals surface area contributed by atoms with Crippen LogP contribution in [0.1, 0.15) is 0 Å². The van der Waals surface area contributed by atoms with Crippen LogP contribution in [0.15, 0.2) is 48.5 Å². The number of nitrogen functional groups attached to an aromatic ring is 1. The Morgan fingerprint density at radius 2 is 1.40 bits per heavy atom. The smallest absolute Gasteiger partial charge is 0.154 e. The second kappa shape index (κ2) is 4.02. The zero-order valence-electron chi connectivity index (χ0n) is 8.18. The van der Waals surface area contributed by atoms with E-state index in [1.807, 2.05) is 48.5 Å². The van der Waals surface area contributed by atoms with Crippen molar-refractivity contribution >= 4 is 5.69 Å². The molecule has 0 aliphatic rings. The van der Waals surface area contributed by atoms with E-state index in [1.54, 1.807) is 0 Å². The summed E-state index contributed by atoms with van der Waals surface area (Å²) in [5.74, 6) is 5.82. The highest BCUT2D eigenvalue weighted by atomic mass is 16.6. The molecule has 0 atom stereocenters. The lowest BCUT2D eigenvalue weighted by atomic mass is 10.0. The number of benzene rings is 2. The third kappa shape index (κ3) is 1.78. The van der Waals surface area contributed by atoms with Crippen molar-refractivity contribution in [3.63, 3.8) is 0 Å². The van der Waals surface area contributed by atoms with Crippen molar-refractivity contribution in [2.45, 2.75) is 0 Å². The van der Waals surface area contributed by atoms with E-state index < -0.39 is 0 Å². The van der Waals surface area contributed by atoms with Gasteiger partial charge in [0.2, 0.25) is 0 Å².